The van der Waals surface area contributed by atoms with Crippen molar-refractivity contribution in [3.05, 3.63) is 102 Å². The molecular formula is C22H23NO2. The number of anilines is 1. The number of aliphatic hydroxyl groups excluding tert-OH is 2. The lowest BCUT2D eigenvalue weighted by Gasteiger charge is -2.37. The minimum absolute atomic E-state index is 0.0739. The van der Waals surface area contributed by atoms with Crippen LogP contribution in [0.5, 0.6) is 0 Å². The maximum absolute atomic E-state index is 9.17. The molecule has 0 heterocycles. The molecule has 0 radical (unpaired) electrons. The largest absolute Gasteiger partial charge is 0.515 e. The minimum Gasteiger partial charge on any atom is -0.515 e. The van der Waals surface area contributed by atoms with Gasteiger partial charge in [-0.25, -0.2) is 0 Å². The van der Waals surface area contributed by atoms with Crippen molar-refractivity contribution < 1.29 is 10.2 Å². The molecule has 3 nitrogen and oxygen atoms in total. The van der Waals surface area contributed by atoms with Crippen molar-refractivity contribution in [1.29, 1.82) is 0 Å². The Bertz CT molecular complexity index is 748. The van der Waals surface area contributed by atoms with Crippen molar-refractivity contribution in [2.45, 2.75) is 25.9 Å². The third-order valence-corrected chi connectivity index (χ3v) is 4.67. The van der Waals surface area contributed by atoms with E-state index in [4.69, 9.17) is 0 Å². The summed E-state index contributed by atoms with van der Waals surface area (Å²) in [6, 6.07) is 6.63. The Hall–Kier alpha value is -2.94. The van der Waals surface area contributed by atoms with Gasteiger partial charge in [0.1, 0.15) is 0 Å². The number of allylic oxidation sites excluding steroid dienone is 6. The molecule has 0 spiro atoms. The van der Waals surface area contributed by atoms with Crippen LogP contribution in [-0.4, -0.2) is 22.3 Å². The Kier molecular flexibility index (Phi) is 4.94. The monoisotopic (exact) mass is 333 g/mol. The van der Waals surface area contributed by atoms with Crippen molar-refractivity contribution in [1.82, 2.24) is 0 Å². The summed E-state index contributed by atoms with van der Waals surface area (Å²) in [5.41, 5.74) is 5.23. The fourth-order valence-corrected chi connectivity index (χ4v) is 3.05. The first-order chi connectivity index (χ1) is 12.1. The molecule has 0 fully saturated rings. The van der Waals surface area contributed by atoms with Crippen molar-refractivity contribution in [3.8, 4) is 0 Å². The number of aliphatic hydroxyl groups is 2. The van der Waals surface area contributed by atoms with Crippen molar-refractivity contribution in [2.75, 3.05) is 4.90 Å². The lowest BCUT2D eigenvalue weighted by Crippen LogP contribution is -2.40. The minimum atomic E-state index is 0.0739. The highest BCUT2D eigenvalue weighted by molar-refractivity contribution is 5.58. The van der Waals surface area contributed by atoms with E-state index in [0.717, 1.165) is 29.4 Å². The summed E-state index contributed by atoms with van der Waals surface area (Å²) in [5.74, 6) is 0. The van der Waals surface area contributed by atoms with Crippen LogP contribution in [0.4, 0.5) is 5.69 Å². The van der Waals surface area contributed by atoms with Gasteiger partial charge in [0.15, 0.2) is 0 Å². The number of rotatable bonds is 3. The first-order valence-electron chi connectivity index (χ1n) is 8.39. The normalized spacial score (nSPS) is 21.5. The highest BCUT2D eigenvalue weighted by Gasteiger charge is 2.23. The van der Waals surface area contributed by atoms with Crippen molar-refractivity contribution >= 4 is 5.69 Å². The first-order valence-corrected chi connectivity index (χ1v) is 8.39. The predicted octanol–water partition coefficient (Wildman–Crippen LogP) is 4.98. The maximum atomic E-state index is 9.17. The van der Waals surface area contributed by atoms with Crippen LogP contribution >= 0.6 is 0 Å². The smallest absolute Gasteiger partial charge is 0.0863 e. The second kappa shape index (κ2) is 7.31. The average molecular weight is 333 g/mol. The van der Waals surface area contributed by atoms with Gasteiger partial charge >= 0.3 is 0 Å². The Labute approximate surface area is 148 Å². The van der Waals surface area contributed by atoms with Gasteiger partial charge in [0, 0.05) is 16.8 Å². The van der Waals surface area contributed by atoms with E-state index < -0.39 is 0 Å². The van der Waals surface area contributed by atoms with Gasteiger partial charge < -0.3 is 15.1 Å². The lowest BCUT2D eigenvalue weighted by molar-refractivity contribution is 0.470. The Morgan fingerprint density at radius 3 is 1.64 bits per heavy atom. The second-order valence-electron chi connectivity index (χ2n) is 6.35. The van der Waals surface area contributed by atoms with Crippen LogP contribution in [0.25, 0.3) is 0 Å². The molecule has 2 N–H and O–H groups in total. The van der Waals surface area contributed by atoms with E-state index in [9.17, 15) is 10.2 Å². The third-order valence-electron chi connectivity index (χ3n) is 4.67. The van der Waals surface area contributed by atoms with Crippen LogP contribution in [0, 0.1) is 13.8 Å². The van der Waals surface area contributed by atoms with Gasteiger partial charge in [0.25, 0.3) is 0 Å². The average Bonchev–Trinajstić information content (AvgIpc) is 2.66. The number of benzene rings is 1. The highest BCUT2D eigenvalue weighted by Crippen LogP contribution is 2.28. The number of hydrogen-bond acceptors (Lipinski definition) is 3. The Morgan fingerprint density at radius 1 is 0.760 bits per heavy atom. The van der Waals surface area contributed by atoms with Crippen LogP contribution in [0.3, 0.4) is 0 Å². The molecule has 0 unspecified atom stereocenters. The molecule has 0 bridgehead atoms. The molecule has 0 atom stereocenters. The summed E-state index contributed by atoms with van der Waals surface area (Å²) in [5, 5.41) is 18.3. The van der Waals surface area contributed by atoms with Crippen molar-refractivity contribution in [3.63, 3.8) is 0 Å². The van der Waals surface area contributed by atoms with Gasteiger partial charge in [-0.05, 0) is 37.1 Å². The van der Waals surface area contributed by atoms with Crippen LogP contribution in [0.15, 0.2) is 90.5 Å². The summed E-state index contributed by atoms with van der Waals surface area (Å²) in [6.07, 6.45) is 18.2. The molecule has 128 valence electrons. The summed E-state index contributed by atoms with van der Waals surface area (Å²) >= 11 is 0. The first kappa shape index (κ1) is 16.9. The SMILES string of the molecule is Cc1ccc(N(C2C=CC(=CO)C=C2)C2C=CC(=CO)C=C2)cc1C. The molecule has 1 aromatic carbocycles. The predicted molar refractivity (Wildman–Crippen MR) is 104 cm³/mol. The van der Waals surface area contributed by atoms with Gasteiger partial charge in [-0.2, -0.15) is 0 Å². The molecule has 0 saturated heterocycles. The van der Waals surface area contributed by atoms with E-state index >= 15 is 0 Å². The van der Waals surface area contributed by atoms with Crippen LogP contribution < -0.4 is 4.90 Å². The number of hydrogen-bond donors (Lipinski definition) is 2. The fourth-order valence-electron chi connectivity index (χ4n) is 3.05. The molecule has 0 aromatic heterocycles. The lowest BCUT2D eigenvalue weighted by atomic mass is 9.98. The van der Waals surface area contributed by atoms with Crippen LogP contribution in [0.1, 0.15) is 11.1 Å². The van der Waals surface area contributed by atoms with E-state index in [-0.39, 0.29) is 12.1 Å². The molecule has 0 saturated carbocycles. The zero-order chi connectivity index (χ0) is 17.8. The van der Waals surface area contributed by atoms with Gasteiger partial charge in [-0.1, -0.05) is 54.7 Å². The summed E-state index contributed by atoms with van der Waals surface area (Å²) in [6.45, 7) is 4.23. The molecule has 2 aliphatic carbocycles. The molecule has 1 aromatic rings. The van der Waals surface area contributed by atoms with Gasteiger partial charge in [-0.3, -0.25) is 0 Å². The summed E-state index contributed by atoms with van der Waals surface area (Å²) in [4.78, 5) is 2.31. The quantitative estimate of drug-likeness (QED) is 0.767. The van der Waals surface area contributed by atoms with E-state index in [1.807, 2.05) is 24.3 Å². The van der Waals surface area contributed by atoms with Crippen molar-refractivity contribution in [2.24, 2.45) is 0 Å². The molecule has 25 heavy (non-hydrogen) atoms. The topological polar surface area (TPSA) is 43.7 Å². The molecule has 0 aliphatic heterocycles. The molecule has 3 rings (SSSR count). The number of nitrogens with zero attached hydrogens (tertiary/aromatic N) is 1. The van der Waals surface area contributed by atoms with E-state index in [1.54, 1.807) is 0 Å². The number of aryl methyl sites for hydroxylation is 2. The van der Waals surface area contributed by atoms with Crippen LogP contribution in [-0.2, 0) is 0 Å². The fraction of sp³-hybridized carbons (Fsp3) is 0.182. The zero-order valence-electron chi connectivity index (χ0n) is 14.5. The molecule has 3 heteroatoms. The van der Waals surface area contributed by atoms with Gasteiger partial charge in [0.05, 0.1) is 24.6 Å². The second-order valence-corrected chi connectivity index (χ2v) is 6.35. The van der Waals surface area contributed by atoms with Crippen LogP contribution in [0.2, 0.25) is 0 Å². The summed E-state index contributed by atoms with van der Waals surface area (Å²) < 4.78 is 0. The standard InChI is InChI=1S/C22H23NO2/c1-16-3-8-22(13-17(16)2)23(20-9-4-18(14-24)5-10-20)21-11-6-19(15-25)7-12-21/h3-15,20-21,24-25H,1-2H3. The van der Waals surface area contributed by atoms with E-state index in [1.165, 1.54) is 11.1 Å². The van der Waals surface area contributed by atoms with E-state index in [0.29, 0.717) is 0 Å². The van der Waals surface area contributed by atoms with Gasteiger partial charge in [-0.15, -0.1) is 0 Å². The Morgan fingerprint density at radius 2 is 1.24 bits per heavy atom. The Balaban J connectivity index is 1.99. The van der Waals surface area contributed by atoms with E-state index in [2.05, 4.69) is 61.3 Å². The maximum Gasteiger partial charge on any atom is 0.0863 e. The summed E-state index contributed by atoms with van der Waals surface area (Å²) in [7, 11) is 0. The molecule has 0 amide bonds. The molecular weight excluding hydrogens is 310 g/mol. The zero-order valence-corrected chi connectivity index (χ0v) is 14.5. The molecule has 2 aliphatic rings. The third kappa shape index (κ3) is 3.61. The highest BCUT2D eigenvalue weighted by atomic mass is 16.2. The van der Waals surface area contributed by atoms with Gasteiger partial charge in [0.2, 0.25) is 0 Å².